The molecule has 0 aromatic carbocycles. The summed E-state index contributed by atoms with van der Waals surface area (Å²) in [6, 6.07) is 0. The van der Waals surface area contributed by atoms with E-state index in [1.165, 1.54) is 20.8 Å². The number of hydrogen-bond donors (Lipinski definition) is 0. The van der Waals surface area contributed by atoms with Crippen LogP contribution < -0.4 is 0 Å². The number of alkyl halides is 3. The van der Waals surface area contributed by atoms with Gasteiger partial charge in [0, 0.05) is 11.8 Å². The Hall–Kier alpha value is -0.600. The summed E-state index contributed by atoms with van der Waals surface area (Å²) in [5.74, 6) is -1.35. The van der Waals surface area contributed by atoms with Gasteiger partial charge < -0.3 is 9.47 Å². The van der Waals surface area contributed by atoms with Crippen LogP contribution in [-0.4, -0.2) is 32.9 Å². The predicted molar refractivity (Wildman–Crippen MR) is 79.1 cm³/mol. The number of sulfone groups is 1. The molecule has 0 unspecified atom stereocenters. The van der Waals surface area contributed by atoms with Crippen molar-refractivity contribution in [1.29, 1.82) is 0 Å². The monoisotopic (exact) mass is 356 g/mol. The Kier molecular flexibility index (Phi) is 4.23. The molecule has 0 atom stereocenters. The number of rotatable bonds is 1. The summed E-state index contributed by atoms with van der Waals surface area (Å²) in [4.78, 5) is -0.622. The lowest BCUT2D eigenvalue weighted by Gasteiger charge is -2.54. The molecule has 0 aromatic rings. The molecular formula is C15H23F3O4S. The molecule has 0 N–H and O–H groups in total. The average molecular weight is 356 g/mol. The first kappa shape index (κ1) is 18.7. The van der Waals surface area contributed by atoms with Crippen LogP contribution in [0.3, 0.4) is 0 Å². The molecule has 0 bridgehead atoms. The summed E-state index contributed by atoms with van der Waals surface area (Å²) >= 11 is 0. The van der Waals surface area contributed by atoms with Gasteiger partial charge in [-0.15, -0.1) is 0 Å². The molecule has 1 heterocycles. The lowest BCUT2D eigenvalue weighted by Crippen LogP contribution is -2.59. The zero-order chi connectivity index (χ0) is 17.9. The van der Waals surface area contributed by atoms with Crippen LogP contribution in [0.5, 0.6) is 0 Å². The second-order valence-corrected chi connectivity index (χ2v) is 9.56. The zero-order valence-electron chi connectivity index (χ0n) is 14.0. The summed E-state index contributed by atoms with van der Waals surface area (Å²) in [5.41, 5.74) is -6.82. The Morgan fingerprint density at radius 3 is 1.96 bits per heavy atom. The normalized spacial score (nSPS) is 27.3. The molecule has 1 fully saturated rings. The molecule has 1 spiro atoms. The van der Waals surface area contributed by atoms with Crippen LogP contribution in [0.15, 0.2) is 10.5 Å². The Morgan fingerprint density at radius 2 is 1.52 bits per heavy atom. The fourth-order valence-electron chi connectivity index (χ4n) is 3.38. The quantitative estimate of drug-likeness (QED) is 0.717. The van der Waals surface area contributed by atoms with Crippen molar-refractivity contribution in [3.63, 3.8) is 0 Å². The zero-order valence-corrected chi connectivity index (χ0v) is 14.8. The molecule has 2 aliphatic rings. The first-order valence-electron chi connectivity index (χ1n) is 7.46. The van der Waals surface area contributed by atoms with E-state index in [2.05, 4.69) is 0 Å². The molecule has 23 heavy (non-hydrogen) atoms. The fraction of sp³-hybridized carbons (Fsp3) is 0.867. The highest BCUT2D eigenvalue weighted by atomic mass is 32.2. The standard InChI is InChI=1S/C15H23F3O4S/c1-10-6-7-14(21-8-12(2,3)9-22-14)13(4,5)11(10)23(19,20)15(16,17)18/h6-9H2,1-5H3. The molecule has 134 valence electrons. The van der Waals surface area contributed by atoms with Crippen molar-refractivity contribution in [2.75, 3.05) is 13.2 Å². The molecule has 2 rings (SSSR count). The Labute approximate surface area is 134 Å². The third-order valence-electron chi connectivity index (χ3n) is 4.70. The van der Waals surface area contributed by atoms with E-state index in [9.17, 15) is 21.6 Å². The van der Waals surface area contributed by atoms with Crippen LogP contribution in [0.2, 0.25) is 0 Å². The summed E-state index contributed by atoms with van der Waals surface area (Å²) < 4.78 is 75.2. The van der Waals surface area contributed by atoms with Crippen LogP contribution in [0.25, 0.3) is 0 Å². The predicted octanol–water partition coefficient (Wildman–Crippen LogP) is 3.78. The van der Waals surface area contributed by atoms with E-state index in [4.69, 9.17) is 9.47 Å². The summed E-state index contributed by atoms with van der Waals surface area (Å²) in [5, 5.41) is 0. The average Bonchev–Trinajstić information content (AvgIpc) is 2.34. The highest BCUT2D eigenvalue weighted by molar-refractivity contribution is 7.96. The van der Waals surface area contributed by atoms with Gasteiger partial charge in [0.05, 0.1) is 23.5 Å². The van der Waals surface area contributed by atoms with Crippen molar-refractivity contribution in [3.8, 4) is 0 Å². The maximum absolute atomic E-state index is 13.1. The smallest absolute Gasteiger partial charge is 0.348 e. The SMILES string of the molecule is CC1=C(S(=O)(=O)C(F)(F)F)C(C)(C)C2(CC1)OCC(C)(C)CO2. The van der Waals surface area contributed by atoms with Crippen molar-refractivity contribution in [1.82, 2.24) is 0 Å². The van der Waals surface area contributed by atoms with E-state index in [1.807, 2.05) is 13.8 Å². The number of halogens is 3. The van der Waals surface area contributed by atoms with Crippen molar-refractivity contribution in [2.45, 2.75) is 58.8 Å². The largest absolute Gasteiger partial charge is 0.501 e. The van der Waals surface area contributed by atoms with Crippen LogP contribution in [0.1, 0.15) is 47.5 Å². The molecular weight excluding hydrogens is 333 g/mol. The number of hydrogen-bond acceptors (Lipinski definition) is 4. The second-order valence-electron chi connectivity index (χ2n) is 7.68. The molecule has 0 radical (unpaired) electrons. The van der Waals surface area contributed by atoms with Crippen LogP contribution >= 0.6 is 0 Å². The molecule has 0 saturated carbocycles. The van der Waals surface area contributed by atoms with Crippen LogP contribution in [0, 0.1) is 10.8 Å². The van der Waals surface area contributed by atoms with Gasteiger partial charge in [-0.3, -0.25) is 0 Å². The highest BCUT2D eigenvalue weighted by Gasteiger charge is 2.62. The Balaban J connectivity index is 2.53. The number of allylic oxidation sites excluding steroid dienone is 1. The van der Waals surface area contributed by atoms with Gasteiger partial charge in [-0.05, 0) is 27.2 Å². The molecule has 0 amide bonds. The van der Waals surface area contributed by atoms with Crippen LogP contribution in [-0.2, 0) is 19.3 Å². The summed E-state index contributed by atoms with van der Waals surface area (Å²) in [7, 11) is -5.44. The van der Waals surface area contributed by atoms with Gasteiger partial charge in [0.2, 0.25) is 0 Å². The maximum Gasteiger partial charge on any atom is 0.501 e. The molecule has 1 saturated heterocycles. The molecule has 8 heteroatoms. The minimum Gasteiger partial charge on any atom is -0.348 e. The van der Waals surface area contributed by atoms with Crippen molar-refractivity contribution < 1.29 is 31.1 Å². The minimum atomic E-state index is -5.44. The van der Waals surface area contributed by atoms with Gasteiger partial charge in [0.1, 0.15) is 0 Å². The second kappa shape index (κ2) is 5.20. The molecule has 4 nitrogen and oxygen atoms in total. The minimum absolute atomic E-state index is 0.189. The Morgan fingerprint density at radius 1 is 1.04 bits per heavy atom. The van der Waals surface area contributed by atoms with Gasteiger partial charge in [0.15, 0.2) is 5.79 Å². The van der Waals surface area contributed by atoms with Gasteiger partial charge in [-0.1, -0.05) is 19.4 Å². The van der Waals surface area contributed by atoms with Crippen molar-refractivity contribution in [3.05, 3.63) is 10.5 Å². The first-order valence-corrected chi connectivity index (χ1v) is 8.94. The fourth-order valence-corrected chi connectivity index (χ4v) is 5.00. The lowest BCUT2D eigenvalue weighted by atomic mass is 9.73. The topological polar surface area (TPSA) is 52.6 Å². The van der Waals surface area contributed by atoms with E-state index >= 15 is 0 Å². The first-order chi connectivity index (χ1) is 10.2. The van der Waals surface area contributed by atoms with Crippen LogP contribution in [0.4, 0.5) is 13.2 Å². The van der Waals surface area contributed by atoms with Crippen molar-refractivity contribution >= 4 is 9.84 Å². The van der Waals surface area contributed by atoms with E-state index in [1.54, 1.807) is 0 Å². The molecule has 0 aromatic heterocycles. The number of ether oxygens (including phenoxy) is 2. The van der Waals surface area contributed by atoms with Gasteiger partial charge in [-0.25, -0.2) is 8.42 Å². The maximum atomic E-state index is 13.1. The summed E-state index contributed by atoms with van der Waals surface area (Å²) in [6.45, 7) is 8.77. The van der Waals surface area contributed by atoms with Crippen molar-refractivity contribution in [2.24, 2.45) is 10.8 Å². The molecule has 1 aliphatic carbocycles. The van der Waals surface area contributed by atoms with E-state index in [0.29, 0.717) is 19.6 Å². The van der Waals surface area contributed by atoms with Gasteiger partial charge in [-0.2, -0.15) is 13.2 Å². The molecule has 1 aliphatic heterocycles. The third kappa shape index (κ3) is 2.82. The van der Waals surface area contributed by atoms with Gasteiger partial charge in [0.25, 0.3) is 9.84 Å². The Bertz CT molecular complexity index is 620. The lowest BCUT2D eigenvalue weighted by molar-refractivity contribution is -0.339. The van der Waals surface area contributed by atoms with Gasteiger partial charge >= 0.3 is 5.51 Å². The highest BCUT2D eigenvalue weighted by Crippen LogP contribution is 2.56. The summed E-state index contributed by atoms with van der Waals surface area (Å²) in [6.07, 6.45) is 0.521. The van der Waals surface area contributed by atoms with E-state index < -0.39 is 31.5 Å². The van der Waals surface area contributed by atoms with E-state index in [-0.39, 0.29) is 17.4 Å². The third-order valence-corrected chi connectivity index (χ3v) is 6.71. The van der Waals surface area contributed by atoms with E-state index in [0.717, 1.165) is 0 Å².